The van der Waals surface area contributed by atoms with E-state index in [0.29, 0.717) is 6.04 Å². The lowest BCUT2D eigenvalue weighted by molar-refractivity contribution is 0.712. The van der Waals surface area contributed by atoms with Gasteiger partial charge in [0.25, 0.3) is 0 Å². The Morgan fingerprint density at radius 2 is 1.71 bits per heavy atom. The minimum Gasteiger partial charge on any atom is -0.324 e. The Bertz CT molecular complexity index is 360. The summed E-state index contributed by atoms with van der Waals surface area (Å²) in [5.41, 5.74) is 12.1. The fourth-order valence-electron chi connectivity index (χ4n) is 2.72. The van der Waals surface area contributed by atoms with Gasteiger partial charge in [0.05, 0.1) is 0 Å². The molecular formula is C12H16ClN. The fraction of sp³-hybridized carbons (Fsp3) is 0.500. The van der Waals surface area contributed by atoms with Crippen molar-refractivity contribution in [3.8, 4) is 0 Å². The minimum atomic E-state index is 0. The van der Waals surface area contributed by atoms with Crippen LogP contribution in [-0.4, -0.2) is 0 Å². The summed E-state index contributed by atoms with van der Waals surface area (Å²) in [6.07, 6.45) is 6.25. The van der Waals surface area contributed by atoms with Crippen LogP contribution in [0.2, 0.25) is 0 Å². The van der Waals surface area contributed by atoms with Crippen molar-refractivity contribution in [3.05, 3.63) is 34.4 Å². The number of fused-ring (bicyclic) bond motifs is 2. The van der Waals surface area contributed by atoms with E-state index in [-0.39, 0.29) is 12.4 Å². The van der Waals surface area contributed by atoms with Crippen LogP contribution in [0.5, 0.6) is 0 Å². The van der Waals surface area contributed by atoms with Gasteiger partial charge in [0, 0.05) is 6.04 Å². The quantitative estimate of drug-likeness (QED) is 0.699. The van der Waals surface area contributed by atoms with E-state index in [1.165, 1.54) is 36.8 Å². The monoisotopic (exact) mass is 209 g/mol. The van der Waals surface area contributed by atoms with E-state index < -0.39 is 0 Å². The first-order valence-corrected chi connectivity index (χ1v) is 5.25. The Kier molecular flexibility index (Phi) is 2.54. The number of hydrogen-bond donors (Lipinski definition) is 1. The zero-order valence-electron chi connectivity index (χ0n) is 8.25. The largest absolute Gasteiger partial charge is 0.324 e. The lowest BCUT2D eigenvalue weighted by Gasteiger charge is -2.07. The Labute approximate surface area is 91.1 Å². The summed E-state index contributed by atoms with van der Waals surface area (Å²) in [7, 11) is 0. The summed E-state index contributed by atoms with van der Waals surface area (Å²) < 4.78 is 0. The third-order valence-electron chi connectivity index (χ3n) is 3.48. The second-order valence-electron chi connectivity index (χ2n) is 4.32. The summed E-state index contributed by atoms with van der Waals surface area (Å²) in [5.74, 6) is 0. The molecule has 0 saturated heterocycles. The van der Waals surface area contributed by atoms with Crippen molar-refractivity contribution in [2.45, 2.75) is 38.1 Å². The molecule has 0 fully saturated rings. The third kappa shape index (κ3) is 1.35. The second-order valence-corrected chi connectivity index (χ2v) is 4.32. The standard InChI is InChI=1S/C12H15N.ClH/c13-12-5-4-10-6-8-2-1-3-9(8)7-11(10)12;/h6-7,12H,1-5,13H2;1H. The molecule has 0 heterocycles. The Morgan fingerprint density at radius 3 is 2.50 bits per heavy atom. The molecule has 2 heteroatoms. The van der Waals surface area contributed by atoms with Crippen molar-refractivity contribution >= 4 is 12.4 Å². The highest BCUT2D eigenvalue weighted by Crippen LogP contribution is 2.34. The Balaban J connectivity index is 0.000000750. The van der Waals surface area contributed by atoms with Crippen LogP contribution in [0.15, 0.2) is 12.1 Å². The van der Waals surface area contributed by atoms with Gasteiger partial charge in [-0.05, 0) is 54.4 Å². The van der Waals surface area contributed by atoms with Gasteiger partial charge in [-0.2, -0.15) is 0 Å². The molecule has 0 spiro atoms. The smallest absolute Gasteiger partial charge is 0.0300 e. The summed E-state index contributed by atoms with van der Waals surface area (Å²) in [5, 5.41) is 0. The predicted molar refractivity (Wildman–Crippen MR) is 61.0 cm³/mol. The molecule has 2 aliphatic rings. The van der Waals surface area contributed by atoms with Crippen molar-refractivity contribution in [1.29, 1.82) is 0 Å². The molecule has 1 aromatic carbocycles. The molecule has 0 radical (unpaired) electrons. The first-order chi connectivity index (χ1) is 6.34. The molecule has 1 atom stereocenters. The Morgan fingerprint density at radius 1 is 1.00 bits per heavy atom. The molecule has 0 aromatic heterocycles. The van der Waals surface area contributed by atoms with E-state index in [4.69, 9.17) is 5.73 Å². The van der Waals surface area contributed by atoms with Gasteiger partial charge in [0.2, 0.25) is 0 Å². The predicted octanol–water partition coefficient (Wildman–Crippen LogP) is 2.54. The molecule has 0 amide bonds. The maximum Gasteiger partial charge on any atom is 0.0300 e. The van der Waals surface area contributed by atoms with Gasteiger partial charge >= 0.3 is 0 Å². The van der Waals surface area contributed by atoms with Crippen LogP contribution in [-0.2, 0) is 19.3 Å². The first-order valence-electron chi connectivity index (χ1n) is 5.25. The SMILES string of the molecule is Cl.NC1CCc2cc3c(cc21)CCC3. The third-order valence-corrected chi connectivity index (χ3v) is 3.48. The highest BCUT2D eigenvalue weighted by Gasteiger charge is 2.22. The van der Waals surface area contributed by atoms with Crippen LogP contribution in [0.3, 0.4) is 0 Å². The molecule has 2 aliphatic carbocycles. The van der Waals surface area contributed by atoms with E-state index in [1.807, 2.05) is 0 Å². The molecule has 1 unspecified atom stereocenters. The lowest BCUT2D eigenvalue weighted by atomic mass is 10.0. The van der Waals surface area contributed by atoms with E-state index in [9.17, 15) is 0 Å². The average Bonchev–Trinajstić information content (AvgIpc) is 2.70. The van der Waals surface area contributed by atoms with Crippen molar-refractivity contribution in [2.75, 3.05) is 0 Å². The molecule has 14 heavy (non-hydrogen) atoms. The summed E-state index contributed by atoms with van der Waals surface area (Å²) in [6.45, 7) is 0. The summed E-state index contributed by atoms with van der Waals surface area (Å²) >= 11 is 0. The van der Waals surface area contributed by atoms with Gasteiger partial charge in [-0.25, -0.2) is 0 Å². The van der Waals surface area contributed by atoms with Crippen LogP contribution < -0.4 is 5.73 Å². The topological polar surface area (TPSA) is 26.0 Å². The van der Waals surface area contributed by atoms with Crippen molar-refractivity contribution in [3.63, 3.8) is 0 Å². The molecule has 1 nitrogen and oxygen atoms in total. The van der Waals surface area contributed by atoms with Gasteiger partial charge in [0.1, 0.15) is 0 Å². The van der Waals surface area contributed by atoms with Gasteiger partial charge in [-0.3, -0.25) is 0 Å². The van der Waals surface area contributed by atoms with Crippen LogP contribution in [0.25, 0.3) is 0 Å². The Hall–Kier alpha value is -0.530. The molecule has 0 saturated carbocycles. The minimum absolute atomic E-state index is 0. The van der Waals surface area contributed by atoms with Gasteiger partial charge in [0.15, 0.2) is 0 Å². The number of aryl methyl sites for hydroxylation is 3. The maximum absolute atomic E-state index is 6.04. The maximum atomic E-state index is 6.04. The first kappa shape index (κ1) is 10.0. The van der Waals surface area contributed by atoms with Crippen molar-refractivity contribution in [2.24, 2.45) is 5.73 Å². The molecule has 0 bridgehead atoms. The van der Waals surface area contributed by atoms with E-state index >= 15 is 0 Å². The van der Waals surface area contributed by atoms with Gasteiger partial charge in [-0.1, -0.05) is 12.1 Å². The molecule has 0 aliphatic heterocycles. The molecular weight excluding hydrogens is 194 g/mol. The molecule has 1 aromatic rings. The van der Waals surface area contributed by atoms with Crippen molar-refractivity contribution in [1.82, 2.24) is 0 Å². The molecule has 3 rings (SSSR count). The summed E-state index contributed by atoms with van der Waals surface area (Å²) in [6, 6.07) is 5.10. The zero-order valence-corrected chi connectivity index (χ0v) is 9.07. The van der Waals surface area contributed by atoms with Gasteiger partial charge < -0.3 is 5.73 Å². The highest BCUT2D eigenvalue weighted by atomic mass is 35.5. The fourth-order valence-corrected chi connectivity index (χ4v) is 2.72. The van der Waals surface area contributed by atoms with E-state index in [1.54, 1.807) is 11.1 Å². The van der Waals surface area contributed by atoms with Crippen LogP contribution in [0.4, 0.5) is 0 Å². The summed E-state index contributed by atoms with van der Waals surface area (Å²) in [4.78, 5) is 0. The van der Waals surface area contributed by atoms with Crippen molar-refractivity contribution < 1.29 is 0 Å². The normalized spacial score (nSPS) is 22.8. The van der Waals surface area contributed by atoms with Crippen LogP contribution in [0, 0.1) is 0 Å². The van der Waals surface area contributed by atoms with Crippen LogP contribution in [0.1, 0.15) is 41.1 Å². The van der Waals surface area contributed by atoms with Gasteiger partial charge in [-0.15, -0.1) is 12.4 Å². The number of benzene rings is 1. The molecule has 76 valence electrons. The number of halogens is 1. The van der Waals surface area contributed by atoms with E-state index in [2.05, 4.69) is 12.1 Å². The van der Waals surface area contributed by atoms with Crippen LogP contribution >= 0.6 is 12.4 Å². The number of nitrogens with two attached hydrogens (primary N) is 1. The number of rotatable bonds is 0. The average molecular weight is 210 g/mol. The lowest BCUT2D eigenvalue weighted by Crippen LogP contribution is -2.05. The second kappa shape index (κ2) is 3.56. The molecule has 2 N–H and O–H groups in total. The van der Waals surface area contributed by atoms with E-state index in [0.717, 1.165) is 6.42 Å². The zero-order chi connectivity index (χ0) is 8.84. The highest BCUT2D eigenvalue weighted by molar-refractivity contribution is 5.85. The number of hydrogen-bond acceptors (Lipinski definition) is 1.